The molecule has 1 aromatic carbocycles. The van der Waals surface area contributed by atoms with Crippen LogP contribution < -0.4 is 10.9 Å². The Hall–Kier alpha value is -1.22. The van der Waals surface area contributed by atoms with Crippen LogP contribution in [0.3, 0.4) is 0 Å². The SMILES string of the molecule is O=C(NNCCCBr)c1c(F)c(F)c(F)c(F)c1F. The Bertz CT molecular complexity index is 468. The van der Waals surface area contributed by atoms with Gasteiger partial charge in [0, 0.05) is 11.9 Å². The van der Waals surface area contributed by atoms with E-state index in [-0.39, 0.29) is 6.54 Å². The van der Waals surface area contributed by atoms with E-state index in [0.29, 0.717) is 11.8 Å². The molecule has 0 bridgehead atoms. The van der Waals surface area contributed by atoms with Gasteiger partial charge in [-0.15, -0.1) is 0 Å². The van der Waals surface area contributed by atoms with Crippen molar-refractivity contribution in [1.82, 2.24) is 10.9 Å². The molecule has 0 heterocycles. The van der Waals surface area contributed by atoms with Crippen LogP contribution in [0.15, 0.2) is 0 Å². The molecule has 0 aliphatic rings. The summed E-state index contributed by atoms with van der Waals surface area (Å²) in [5.74, 6) is -12.4. The molecule has 0 radical (unpaired) electrons. The van der Waals surface area contributed by atoms with Gasteiger partial charge in [0.1, 0.15) is 5.56 Å². The summed E-state index contributed by atoms with van der Waals surface area (Å²) in [7, 11) is 0. The summed E-state index contributed by atoms with van der Waals surface area (Å²) in [6, 6.07) is 0. The maximum Gasteiger partial charge on any atom is 0.271 e. The highest BCUT2D eigenvalue weighted by molar-refractivity contribution is 9.09. The van der Waals surface area contributed by atoms with E-state index in [1.807, 2.05) is 5.43 Å². The van der Waals surface area contributed by atoms with Crippen LogP contribution in [0.2, 0.25) is 0 Å². The first kappa shape index (κ1) is 15.8. The number of hydrogen-bond acceptors (Lipinski definition) is 2. The van der Waals surface area contributed by atoms with Crippen LogP contribution >= 0.6 is 15.9 Å². The Labute approximate surface area is 113 Å². The molecule has 0 unspecified atom stereocenters. The van der Waals surface area contributed by atoms with Crippen molar-refractivity contribution in [2.45, 2.75) is 6.42 Å². The highest BCUT2D eigenvalue weighted by Gasteiger charge is 2.29. The van der Waals surface area contributed by atoms with Crippen molar-refractivity contribution in [2.75, 3.05) is 11.9 Å². The number of alkyl halides is 1. The number of rotatable bonds is 5. The van der Waals surface area contributed by atoms with Gasteiger partial charge >= 0.3 is 0 Å². The molecule has 106 valence electrons. The number of carbonyl (C=O) groups excluding carboxylic acids is 1. The van der Waals surface area contributed by atoms with Crippen molar-refractivity contribution in [3.63, 3.8) is 0 Å². The standard InChI is InChI=1S/C10H8BrF5N2O/c11-2-1-3-17-18-10(19)4-5(12)7(14)9(16)8(15)6(4)13/h17H,1-3H2,(H,18,19). The molecule has 2 N–H and O–H groups in total. The van der Waals surface area contributed by atoms with Crippen LogP contribution in [0.25, 0.3) is 0 Å². The van der Waals surface area contributed by atoms with Gasteiger partial charge in [-0.2, -0.15) is 0 Å². The average Bonchev–Trinajstić information content (AvgIpc) is 2.39. The van der Waals surface area contributed by atoms with E-state index in [0.717, 1.165) is 0 Å². The molecule has 0 fully saturated rings. The van der Waals surface area contributed by atoms with Gasteiger partial charge in [0.25, 0.3) is 5.91 Å². The molecule has 3 nitrogen and oxygen atoms in total. The van der Waals surface area contributed by atoms with Gasteiger partial charge in [-0.25, -0.2) is 27.4 Å². The van der Waals surface area contributed by atoms with Crippen molar-refractivity contribution in [1.29, 1.82) is 0 Å². The molecule has 0 saturated heterocycles. The van der Waals surface area contributed by atoms with Crippen LogP contribution in [0.1, 0.15) is 16.8 Å². The van der Waals surface area contributed by atoms with E-state index in [1.54, 1.807) is 0 Å². The Morgan fingerprint density at radius 2 is 1.42 bits per heavy atom. The highest BCUT2D eigenvalue weighted by Crippen LogP contribution is 2.22. The normalized spacial score (nSPS) is 10.6. The molecule has 0 aliphatic heterocycles. The fourth-order valence-electron chi connectivity index (χ4n) is 1.16. The van der Waals surface area contributed by atoms with E-state index < -0.39 is 40.6 Å². The lowest BCUT2D eigenvalue weighted by Gasteiger charge is -2.09. The van der Waals surface area contributed by atoms with Crippen molar-refractivity contribution < 1.29 is 26.7 Å². The van der Waals surface area contributed by atoms with Crippen molar-refractivity contribution in [3.8, 4) is 0 Å². The summed E-state index contributed by atoms with van der Waals surface area (Å²) >= 11 is 3.10. The minimum absolute atomic E-state index is 0.256. The second kappa shape index (κ2) is 6.80. The molecule has 0 aliphatic carbocycles. The van der Waals surface area contributed by atoms with Gasteiger partial charge < -0.3 is 0 Å². The second-order valence-corrected chi connectivity index (χ2v) is 4.16. The number of nitrogens with one attached hydrogen (secondary N) is 2. The average molecular weight is 347 g/mol. The van der Waals surface area contributed by atoms with Crippen molar-refractivity contribution in [2.24, 2.45) is 0 Å². The fraction of sp³-hybridized carbons (Fsp3) is 0.300. The third-order valence-electron chi connectivity index (χ3n) is 2.07. The van der Waals surface area contributed by atoms with Crippen LogP contribution in [0.5, 0.6) is 0 Å². The lowest BCUT2D eigenvalue weighted by atomic mass is 10.1. The number of carbonyl (C=O) groups is 1. The first-order valence-electron chi connectivity index (χ1n) is 5.02. The maximum absolute atomic E-state index is 13.2. The molecule has 1 amide bonds. The minimum Gasteiger partial charge on any atom is -0.287 e. The monoisotopic (exact) mass is 346 g/mol. The summed E-state index contributed by atoms with van der Waals surface area (Å²) in [6.07, 6.45) is 0.581. The van der Waals surface area contributed by atoms with Crippen LogP contribution in [-0.2, 0) is 0 Å². The van der Waals surface area contributed by atoms with Crippen LogP contribution in [0.4, 0.5) is 22.0 Å². The minimum atomic E-state index is -2.31. The largest absolute Gasteiger partial charge is 0.287 e. The zero-order chi connectivity index (χ0) is 14.6. The number of hydrazine groups is 1. The quantitative estimate of drug-likeness (QED) is 0.215. The lowest BCUT2D eigenvalue weighted by Crippen LogP contribution is -2.39. The predicted octanol–water partition coefficient (Wildman–Crippen LogP) is 2.40. The number of amides is 1. The Morgan fingerprint density at radius 1 is 0.947 bits per heavy atom. The third kappa shape index (κ3) is 3.41. The van der Waals surface area contributed by atoms with E-state index in [9.17, 15) is 26.7 Å². The Kier molecular flexibility index (Phi) is 5.67. The molecule has 0 saturated carbocycles. The fourth-order valence-corrected chi connectivity index (χ4v) is 1.45. The molecule has 19 heavy (non-hydrogen) atoms. The zero-order valence-corrected chi connectivity index (χ0v) is 10.9. The first-order chi connectivity index (χ1) is 8.91. The summed E-state index contributed by atoms with van der Waals surface area (Å²) < 4.78 is 64.8. The molecular formula is C10H8BrF5N2O. The van der Waals surface area contributed by atoms with E-state index in [4.69, 9.17) is 0 Å². The smallest absolute Gasteiger partial charge is 0.271 e. The van der Waals surface area contributed by atoms with Gasteiger partial charge in [-0.3, -0.25) is 10.2 Å². The van der Waals surface area contributed by atoms with Gasteiger partial charge in [-0.05, 0) is 6.42 Å². The van der Waals surface area contributed by atoms with Crippen LogP contribution in [-0.4, -0.2) is 17.8 Å². The molecule has 1 aromatic rings. The van der Waals surface area contributed by atoms with Gasteiger partial charge in [-0.1, -0.05) is 15.9 Å². The molecule has 9 heteroatoms. The van der Waals surface area contributed by atoms with Crippen molar-refractivity contribution in [3.05, 3.63) is 34.6 Å². The second-order valence-electron chi connectivity index (χ2n) is 3.37. The lowest BCUT2D eigenvalue weighted by molar-refractivity contribution is 0.0921. The topological polar surface area (TPSA) is 41.1 Å². The van der Waals surface area contributed by atoms with E-state index in [1.165, 1.54) is 0 Å². The molecular weight excluding hydrogens is 339 g/mol. The summed E-state index contributed by atoms with van der Waals surface area (Å²) in [6.45, 7) is 0.256. The molecule has 0 spiro atoms. The number of hydrogen-bond donors (Lipinski definition) is 2. The summed E-state index contributed by atoms with van der Waals surface area (Å²) in [5.41, 5.74) is 2.61. The van der Waals surface area contributed by atoms with E-state index >= 15 is 0 Å². The molecule has 1 rings (SSSR count). The Balaban J connectivity index is 2.97. The Morgan fingerprint density at radius 3 is 1.89 bits per heavy atom. The highest BCUT2D eigenvalue weighted by atomic mass is 79.9. The van der Waals surface area contributed by atoms with Crippen molar-refractivity contribution >= 4 is 21.8 Å². The summed E-state index contributed by atoms with van der Waals surface area (Å²) in [4.78, 5) is 11.3. The third-order valence-corrected chi connectivity index (χ3v) is 2.63. The molecule has 0 atom stereocenters. The van der Waals surface area contributed by atoms with Crippen LogP contribution in [0, 0.1) is 29.1 Å². The van der Waals surface area contributed by atoms with E-state index in [2.05, 4.69) is 21.4 Å². The number of halogens is 6. The zero-order valence-electron chi connectivity index (χ0n) is 9.30. The predicted molar refractivity (Wildman–Crippen MR) is 60.1 cm³/mol. The van der Waals surface area contributed by atoms with Gasteiger partial charge in [0.05, 0.1) is 0 Å². The van der Waals surface area contributed by atoms with Gasteiger partial charge in [0.15, 0.2) is 23.3 Å². The first-order valence-corrected chi connectivity index (χ1v) is 6.14. The van der Waals surface area contributed by atoms with Gasteiger partial charge in [0.2, 0.25) is 5.82 Å². The molecule has 0 aromatic heterocycles. The maximum atomic E-state index is 13.2. The number of benzene rings is 1. The summed E-state index contributed by atoms with van der Waals surface area (Å²) in [5, 5.41) is 0.610.